The lowest BCUT2D eigenvalue weighted by Gasteiger charge is -2.26. The number of carboxylic acid groups (broad SMARTS) is 1. The number of thiazole rings is 1. The molecule has 2 rings (SSSR count). The van der Waals surface area contributed by atoms with Crippen LogP contribution in [0.1, 0.15) is 20.3 Å². The minimum atomic E-state index is -0.824. The Labute approximate surface area is 110 Å². The van der Waals surface area contributed by atoms with Gasteiger partial charge in [0.25, 0.3) is 0 Å². The largest absolute Gasteiger partial charge is 0.480 e. The first-order valence-electron chi connectivity index (χ1n) is 5.95. The highest BCUT2D eigenvalue weighted by Crippen LogP contribution is 2.29. The zero-order chi connectivity index (χ0) is 13.1. The Kier molecular flexibility index (Phi) is 3.81. The summed E-state index contributed by atoms with van der Waals surface area (Å²) in [6.07, 6.45) is 0.892. The summed E-state index contributed by atoms with van der Waals surface area (Å²) in [5, 5.41) is 9.78. The Morgan fingerprint density at radius 2 is 2.22 bits per heavy atom. The highest BCUT2D eigenvalue weighted by Gasteiger charge is 2.19. The lowest BCUT2D eigenvalue weighted by molar-refractivity contribution is -0.135. The average molecular weight is 264 g/mol. The Hall–Kier alpha value is -1.62. The smallest absolute Gasteiger partial charge is 0.323 e. The summed E-state index contributed by atoms with van der Waals surface area (Å²) in [7, 11) is 0. The maximum Gasteiger partial charge on any atom is 0.323 e. The molecule has 0 aliphatic heterocycles. The number of anilines is 1. The van der Waals surface area contributed by atoms with Crippen molar-refractivity contribution in [2.45, 2.75) is 26.3 Å². The van der Waals surface area contributed by atoms with Crippen LogP contribution in [0, 0.1) is 0 Å². The van der Waals surface area contributed by atoms with Gasteiger partial charge in [0.15, 0.2) is 5.13 Å². The third-order valence-electron chi connectivity index (χ3n) is 2.96. The van der Waals surface area contributed by atoms with Gasteiger partial charge in [-0.2, -0.15) is 0 Å². The highest BCUT2D eigenvalue weighted by molar-refractivity contribution is 7.22. The highest BCUT2D eigenvalue weighted by atomic mass is 32.1. The number of hydrogen-bond donors (Lipinski definition) is 1. The minimum Gasteiger partial charge on any atom is -0.480 e. The molecule has 0 amide bonds. The zero-order valence-corrected chi connectivity index (χ0v) is 11.3. The first-order valence-corrected chi connectivity index (χ1v) is 6.77. The summed E-state index contributed by atoms with van der Waals surface area (Å²) in [5.41, 5.74) is 0.927. The summed E-state index contributed by atoms with van der Waals surface area (Å²) < 4.78 is 1.09. The van der Waals surface area contributed by atoms with E-state index >= 15 is 0 Å². The average Bonchev–Trinajstić information content (AvgIpc) is 2.78. The van der Waals surface area contributed by atoms with Gasteiger partial charge in [0.2, 0.25) is 0 Å². The minimum absolute atomic E-state index is 0.00513. The Balaban J connectivity index is 2.37. The molecule has 0 saturated carbocycles. The van der Waals surface area contributed by atoms with Crippen LogP contribution in [0.2, 0.25) is 0 Å². The van der Waals surface area contributed by atoms with Gasteiger partial charge in [-0.3, -0.25) is 4.79 Å². The second-order valence-electron chi connectivity index (χ2n) is 4.24. The van der Waals surface area contributed by atoms with Crippen LogP contribution in [0.4, 0.5) is 5.13 Å². The molecular formula is C13H16N2O2S. The van der Waals surface area contributed by atoms with Crippen molar-refractivity contribution in [1.82, 2.24) is 4.98 Å². The molecule has 0 saturated heterocycles. The molecule has 18 heavy (non-hydrogen) atoms. The SMILES string of the molecule is CCC(C)N(CC(=O)O)c1nc2ccccc2s1. The molecule has 1 aromatic carbocycles. The number of aliphatic carboxylic acids is 1. The summed E-state index contributed by atoms with van der Waals surface area (Å²) in [6.45, 7) is 4.07. The summed E-state index contributed by atoms with van der Waals surface area (Å²) in [6, 6.07) is 8.03. The number of para-hydroxylation sites is 1. The zero-order valence-electron chi connectivity index (χ0n) is 10.5. The van der Waals surface area contributed by atoms with Crippen LogP contribution in [0.25, 0.3) is 10.2 Å². The van der Waals surface area contributed by atoms with Crippen LogP contribution in [0.3, 0.4) is 0 Å². The molecule has 1 aromatic heterocycles. The maximum atomic E-state index is 11.0. The van der Waals surface area contributed by atoms with E-state index in [4.69, 9.17) is 5.11 Å². The van der Waals surface area contributed by atoms with Crippen LogP contribution in [0.15, 0.2) is 24.3 Å². The van der Waals surface area contributed by atoms with E-state index in [2.05, 4.69) is 4.98 Å². The van der Waals surface area contributed by atoms with Crippen molar-refractivity contribution in [3.8, 4) is 0 Å². The molecule has 1 unspecified atom stereocenters. The summed E-state index contributed by atoms with van der Waals surface area (Å²) in [4.78, 5) is 17.3. The number of carbonyl (C=O) groups is 1. The van der Waals surface area contributed by atoms with E-state index in [-0.39, 0.29) is 12.6 Å². The standard InChI is InChI=1S/C13H16N2O2S/c1-3-9(2)15(8-12(16)17)13-14-10-6-4-5-7-11(10)18-13/h4-7,9H,3,8H2,1-2H3,(H,16,17). The van der Waals surface area contributed by atoms with Crippen molar-refractivity contribution in [3.63, 3.8) is 0 Å². The normalized spacial score (nSPS) is 12.6. The van der Waals surface area contributed by atoms with E-state index in [0.29, 0.717) is 0 Å². The molecule has 1 atom stereocenters. The van der Waals surface area contributed by atoms with Gasteiger partial charge < -0.3 is 10.0 Å². The number of fused-ring (bicyclic) bond motifs is 1. The molecule has 4 nitrogen and oxygen atoms in total. The van der Waals surface area contributed by atoms with Crippen molar-refractivity contribution in [1.29, 1.82) is 0 Å². The second-order valence-corrected chi connectivity index (χ2v) is 5.25. The Morgan fingerprint density at radius 3 is 2.83 bits per heavy atom. The predicted octanol–water partition coefficient (Wildman–Crippen LogP) is 2.99. The molecule has 0 spiro atoms. The number of hydrogen-bond acceptors (Lipinski definition) is 4. The third-order valence-corrected chi connectivity index (χ3v) is 4.03. The topological polar surface area (TPSA) is 53.4 Å². The van der Waals surface area contributed by atoms with Crippen molar-refractivity contribution in [2.75, 3.05) is 11.4 Å². The molecule has 0 bridgehead atoms. The second kappa shape index (κ2) is 5.35. The number of rotatable bonds is 5. The van der Waals surface area contributed by atoms with Crippen LogP contribution < -0.4 is 4.90 Å². The van der Waals surface area contributed by atoms with E-state index in [1.807, 2.05) is 43.0 Å². The Bertz CT molecular complexity index is 520. The van der Waals surface area contributed by atoms with Gasteiger partial charge in [-0.25, -0.2) is 4.98 Å². The molecular weight excluding hydrogens is 248 g/mol. The summed E-state index contributed by atoms with van der Waals surface area (Å²) in [5.74, 6) is -0.824. The van der Waals surface area contributed by atoms with Crippen LogP contribution in [0.5, 0.6) is 0 Å². The van der Waals surface area contributed by atoms with Crippen LogP contribution in [-0.4, -0.2) is 28.6 Å². The lowest BCUT2D eigenvalue weighted by atomic mass is 10.2. The first-order chi connectivity index (χ1) is 8.61. The van der Waals surface area contributed by atoms with E-state index in [9.17, 15) is 4.79 Å². The molecule has 0 radical (unpaired) electrons. The van der Waals surface area contributed by atoms with E-state index in [0.717, 1.165) is 21.8 Å². The lowest BCUT2D eigenvalue weighted by Crippen LogP contribution is -2.37. The summed E-state index contributed by atoms with van der Waals surface area (Å²) >= 11 is 1.54. The Morgan fingerprint density at radius 1 is 1.50 bits per heavy atom. The van der Waals surface area contributed by atoms with Crippen molar-refractivity contribution >= 4 is 32.7 Å². The fourth-order valence-corrected chi connectivity index (χ4v) is 2.83. The van der Waals surface area contributed by atoms with Gasteiger partial charge in [0.05, 0.1) is 10.2 Å². The fourth-order valence-electron chi connectivity index (χ4n) is 1.76. The van der Waals surface area contributed by atoms with Gasteiger partial charge in [-0.05, 0) is 25.5 Å². The molecule has 0 aliphatic carbocycles. The molecule has 0 aliphatic rings. The van der Waals surface area contributed by atoms with E-state index in [1.165, 1.54) is 0 Å². The number of benzene rings is 1. The number of aromatic nitrogens is 1. The van der Waals surface area contributed by atoms with Crippen LogP contribution >= 0.6 is 11.3 Å². The molecule has 0 fully saturated rings. The molecule has 5 heteroatoms. The van der Waals surface area contributed by atoms with Gasteiger partial charge in [-0.15, -0.1) is 0 Å². The van der Waals surface area contributed by atoms with Crippen LogP contribution in [-0.2, 0) is 4.79 Å². The first kappa shape index (κ1) is 12.8. The monoisotopic (exact) mass is 264 g/mol. The quantitative estimate of drug-likeness (QED) is 0.902. The maximum absolute atomic E-state index is 11.0. The number of carboxylic acids is 1. The van der Waals surface area contributed by atoms with Gasteiger partial charge >= 0.3 is 5.97 Å². The van der Waals surface area contributed by atoms with Gasteiger partial charge in [0, 0.05) is 6.04 Å². The molecule has 1 heterocycles. The number of nitrogens with zero attached hydrogens (tertiary/aromatic N) is 2. The molecule has 2 aromatic rings. The predicted molar refractivity (Wildman–Crippen MR) is 74.4 cm³/mol. The fraction of sp³-hybridized carbons (Fsp3) is 0.385. The van der Waals surface area contributed by atoms with E-state index in [1.54, 1.807) is 11.3 Å². The third kappa shape index (κ3) is 2.61. The van der Waals surface area contributed by atoms with Gasteiger partial charge in [-0.1, -0.05) is 30.4 Å². The van der Waals surface area contributed by atoms with Crippen molar-refractivity contribution < 1.29 is 9.90 Å². The van der Waals surface area contributed by atoms with Gasteiger partial charge in [0.1, 0.15) is 6.54 Å². The molecule has 1 N–H and O–H groups in total. The molecule has 96 valence electrons. The van der Waals surface area contributed by atoms with Crippen molar-refractivity contribution in [2.24, 2.45) is 0 Å². The van der Waals surface area contributed by atoms with Crippen molar-refractivity contribution in [3.05, 3.63) is 24.3 Å². The van der Waals surface area contributed by atoms with E-state index < -0.39 is 5.97 Å².